The fourth-order valence-electron chi connectivity index (χ4n) is 1.26. The number of benzene rings is 1. The highest BCUT2D eigenvalue weighted by molar-refractivity contribution is 5.89. The number of carbonyl (C=O) groups is 1. The van der Waals surface area contributed by atoms with Gasteiger partial charge >= 0.3 is 0 Å². The summed E-state index contributed by atoms with van der Waals surface area (Å²) >= 11 is 0. The van der Waals surface area contributed by atoms with Crippen LogP contribution in [0.4, 0.5) is 0 Å². The number of terminal acetylenes is 1. The van der Waals surface area contributed by atoms with Crippen molar-refractivity contribution in [3.8, 4) is 12.3 Å². The second kappa shape index (κ2) is 2.80. The van der Waals surface area contributed by atoms with Crippen LogP contribution in [0.25, 0.3) is 11.0 Å². The first-order valence-electron chi connectivity index (χ1n) is 3.79. The summed E-state index contributed by atoms with van der Waals surface area (Å²) in [4.78, 5) is 10.4. The molecule has 0 radical (unpaired) electrons. The quantitative estimate of drug-likeness (QED) is 0.485. The fourth-order valence-corrected chi connectivity index (χ4v) is 1.26. The summed E-state index contributed by atoms with van der Waals surface area (Å²) < 4.78 is 5.20. The summed E-state index contributed by atoms with van der Waals surface area (Å²) in [7, 11) is 0. The van der Waals surface area contributed by atoms with Gasteiger partial charge in [0, 0.05) is 10.9 Å². The highest BCUT2D eigenvalue weighted by atomic mass is 16.3. The van der Waals surface area contributed by atoms with E-state index < -0.39 is 0 Å². The Bertz CT molecular complexity index is 500. The topological polar surface area (TPSA) is 30.2 Å². The van der Waals surface area contributed by atoms with Gasteiger partial charge in [0.15, 0.2) is 12.0 Å². The molecule has 1 aromatic carbocycles. The molecule has 2 aromatic rings. The second-order valence-corrected chi connectivity index (χ2v) is 2.63. The van der Waals surface area contributed by atoms with Gasteiger partial charge in [-0.2, -0.15) is 0 Å². The molecule has 1 aromatic heterocycles. The van der Waals surface area contributed by atoms with Gasteiger partial charge in [-0.25, -0.2) is 0 Å². The van der Waals surface area contributed by atoms with Crippen molar-refractivity contribution in [3.05, 3.63) is 35.6 Å². The van der Waals surface area contributed by atoms with Gasteiger partial charge in [0.05, 0.1) is 0 Å². The van der Waals surface area contributed by atoms with Crippen LogP contribution >= 0.6 is 0 Å². The Morgan fingerprint density at radius 3 is 3.00 bits per heavy atom. The molecule has 2 nitrogen and oxygen atoms in total. The van der Waals surface area contributed by atoms with Crippen molar-refractivity contribution < 1.29 is 9.21 Å². The second-order valence-electron chi connectivity index (χ2n) is 2.63. The summed E-state index contributed by atoms with van der Waals surface area (Å²) in [6.07, 6.45) is 5.95. The molecule has 0 amide bonds. The van der Waals surface area contributed by atoms with Crippen molar-refractivity contribution in [2.45, 2.75) is 0 Å². The number of rotatable bonds is 1. The van der Waals surface area contributed by atoms with Crippen LogP contribution in [0.1, 0.15) is 16.1 Å². The lowest BCUT2D eigenvalue weighted by Gasteiger charge is -1.89. The Morgan fingerprint density at radius 1 is 1.46 bits per heavy atom. The van der Waals surface area contributed by atoms with E-state index in [2.05, 4.69) is 5.92 Å². The maximum Gasteiger partial charge on any atom is 0.185 e. The van der Waals surface area contributed by atoms with E-state index in [1.165, 1.54) is 0 Å². The van der Waals surface area contributed by atoms with Gasteiger partial charge in [-0.3, -0.25) is 4.79 Å². The minimum atomic E-state index is 0.303. The van der Waals surface area contributed by atoms with Crippen LogP contribution in [-0.4, -0.2) is 6.29 Å². The molecule has 0 saturated carbocycles. The molecule has 2 rings (SSSR count). The molecule has 2 heteroatoms. The van der Waals surface area contributed by atoms with Gasteiger partial charge in [0.1, 0.15) is 5.58 Å². The van der Waals surface area contributed by atoms with E-state index in [0.717, 1.165) is 10.9 Å². The zero-order valence-corrected chi connectivity index (χ0v) is 6.78. The van der Waals surface area contributed by atoms with E-state index in [0.29, 0.717) is 17.6 Å². The van der Waals surface area contributed by atoms with E-state index in [1.54, 1.807) is 18.2 Å². The molecule has 0 spiro atoms. The van der Waals surface area contributed by atoms with E-state index in [1.807, 2.05) is 6.07 Å². The molecule has 1 heterocycles. The lowest BCUT2D eigenvalue weighted by atomic mass is 10.1. The van der Waals surface area contributed by atoms with Crippen molar-refractivity contribution in [1.29, 1.82) is 0 Å². The van der Waals surface area contributed by atoms with Crippen LogP contribution in [0.15, 0.2) is 28.7 Å². The molecular formula is C11H6O2. The zero-order valence-electron chi connectivity index (χ0n) is 6.78. The Balaban J connectivity index is 2.83. The van der Waals surface area contributed by atoms with E-state index in [-0.39, 0.29) is 0 Å². The smallest absolute Gasteiger partial charge is 0.185 e. The Morgan fingerprint density at radius 2 is 2.31 bits per heavy atom. The van der Waals surface area contributed by atoms with Gasteiger partial charge in [0.25, 0.3) is 0 Å². The van der Waals surface area contributed by atoms with E-state index >= 15 is 0 Å². The standard InChI is InChI=1S/C11H6O2/c1-2-8-4-3-5-11-10(8)6-9(7-12)13-11/h1,3-7H. The number of furan rings is 1. The molecule has 0 fully saturated rings. The predicted molar refractivity (Wildman–Crippen MR) is 49.5 cm³/mol. The molecule has 62 valence electrons. The minimum Gasteiger partial charge on any atom is -0.453 e. The summed E-state index contributed by atoms with van der Waals surface area (Å²) in [6.45, 7) is 0. The third-order valence-electron chi connectivity index (χ3n) is 1.85. The van der Waals surface area contributed by atoms with Gasteiger partial charge in [-0.1, -0.05) is 12.0 Å². The third kappa shape index (κ3) is 1.11. The van der Waals surface area contributed by atoms with Gasteiger partial charge < -0.3 is 4.42 Å². The number of aldehydes is 1. The number of fused-ring (bicyclic) bond motifs is 1. The van der Waals surface area contributed by atoms with Crippen LogP contribution < -0.4 is 0 Å². The lowest BCUT2D eigenvalue weighted by Crippen LogP contribution is -1.72. The predicted octanol–water partition coefficient (Wildman–Crippen LogP) is 2.23. The first kappa shape index (κ1) is 7.63. The zero-order chi connectivity index (χ0) is 9.26. The Kier molecular flexibility index (Phi) is 1.64. The molecule has 0 N–H and O–H groups in total. The van der Waals surface area contributed by atoms with Crippen molar-refractivity contribution in [2.75, 3.05) is 0 Å². The SMILES string of the molecule is C#Cc1cccc2oc(C=O)cc12. The maximum absolute atomic E-state index is 10.4. The summed E-state index contributed by atoms with van der Waals surface area (Å²) in [5.74, 6) is 2.83. The summed E-state index contributed by atoms with van der Waals surface area (Å²) in [5, 5.41) is 0.812. The molecule has 0 saturated heterocycles. The Hall–Kier alpha value is -2.01. The van der Waals surface area contributed by atoms with Crippen LogP contribution in [0.5, 0.6) is 0 Å². The summed E-state index contributed by atoms with van der Waals surface area (Å²) in [5.41, 5.74) is 1.40. The number of carbonyl (C=O) groups excluding carboxylic acids is 1. The lowest BCUT2D eigenvalue weighted by molar-refractivity contribution is 0.110. The summed E-state index contributed by atoms with van der Waals surface area (Å²) in [6, 6.07) is 7.04. The van der Waals surface area contributed by atoms with Crippen molar-refractivity contribution in [2.24, 2.45) is 0 Å². The molecule has 0 bridgehead atoms. The van der Waals surface area contributed by atoms with E-state index in [9.17, 15) is 4.79 Å². The van der Waals surface area contributed by atoms with Crippen LogP contribution in [0.3, 0.4) is 0 Å². The van der Waals surface area contributed by atoms with Gasteiger partial charge in [-0.05, 0) is 18.2 Å². The largest absolute Gasteiger partial charge is 0.453 e. The van der Waals surface area contributed by atoms with Crippen molar-refractivity contribution >= 4 is 17.3 Å². The normalized spacial score (nSPS) is 9.77. The van der Waals surface area contributed by atoms with Crippen molar-refractivity contribution in [1.82, 2.24) is 0 Å². The molecule has 13 heavy (non-hydrogen) atoms. The molecule has 0 atom stereocenters. The monoisotopic (exact) mass is 170 g/mol. The van der Waals surface area contributed by atoms with Crippen LogP contribution in [-0.2, 0) is 0 Å². The molecule has 0 aliphatic carbocycles. The number of hydrogen-bond acceptors (Lipinski definition) is 2. The highest BCUT2D eigenvalue weighted by Gasteiger charge is 2.04. The van der Waals surface area contributed by atoms with Gasteiger partial charge in [0.2, 0.25) is 0 Å². The highest BCUT2D eigenvalue weighted by Crippen LogP contribution is 2.21. The van der Waals surface area contributed by atoms with Gasteiger partial charge in [-0.15, -0.1) is 6.42 Å². The average molecular weight is 170 g/mol. The molecule has 0 unspecified atom stereocenters. The third-order valence-corrected chi connectivity index (χ3v) is 1.85. The molecular weight excluding hydrogens is 164 g/mol. The first-order valence-corrected chi connectivity index (χ1v) is 3.79. The van der Waals surface area contributed by atoms with Crippen LogP contribution in [0.2, 0.25) is 0 Å². The average Bonchev–Trinajstić information content (AvgIpc) is 2.59. The molecule has 0 aliphatic heterocycles. The maximum atomic E-state index is 10.4. The van der Waals surface area contributed by atoms with E-state index in [4.69, 9.17) is 10.8 Å². The number of hydrogen-bond donors (Lipinski definition) is 0. The fraction of sp³-hybridized carbons (Fsp3) is 0. The Labute approximate surface area is 75.2 Å². The first-order chi connectivity index (χ1) is 6.35. The van der Waals surface area contributed by atoms with Crippen LogP contribution in [0, 0.1) is 12.3 Å². The molecule has 0 aliphatic rings. The van der Waals surface area contributed by atoms with Crippen molar-refractivity contribution in [3.63, 3.8) is 0 Å². The minimum absolute atomic E-state index is 0.303.